The standard InChI is InChI=1S/C27H25ClN2O5/c1-15(2)14-35-22-9-6-17(11-16(22)3)25(32)23-24(18-5-4-10-29-13-18)30(27(34)26(23)33)20-12-19(28)7-8-21(20)31/h4-13,15,24,31-32H,14H2,1-3H3/b25-23+. The number of rotatable bonds is 6. The van der Waals surface area contributed by atoms with Crippen LogP contribution in [0.1, 0.15) is 36.6 Å². The van der Waals surface area contributed by atoms with Gasteiger partial charge in [0.2, 0.25) is 0 Å². The van der Waals surface area contributed by atoms with Crippen molar-refractivity contribution in [2.45, 2.75) is 26.8 Å². The molecule has 1 fully saturated rings. The van der Waals surface area contributed by atoms with Gasteiger partial charge in [0.05, 0.1) is 23.9 Å². The molecule has 0 saturated carbocycles. The molecule has 1 amide bonds. The maximum Gasteiger partial charge on any atom is 0.300 e. The number of aromatic nitrogens is 1. The second-order valence-electron chi connectivity index (χ2n) is 8.77. The third-order valence-electron chi connectivity index (χ3n) is 5.66. The summed E-state index contributed by atoms with van der Waals surface area (Å²) >= 11 is 6.13. The summed E-state index contributed by atoms with van der Waals surface area (Å²) in [6.45, 7) is 6.48. The van der Waals surface area contributed by atoms with E-state index in [0.29, 0.717) is 29.4 Å². The van der Waals surface area contributed by atoms with E-state index in [4.69, 9.17) is 16.3 Å². The van der Waals surface area contributed by atoms with E-state index in [1.54, 1.807) is 36.5 Å². The Bertz CT molecular complexity index is 1320. The van der Waals surface area contributed by atoms with Gasteiger partial charge in [0.15, 0.2) is 0 Å². The third-order valence-corrected chi connectivity index (χ3v) is 5.90. The Morgan fingerprint density at radius 2 is 1.94 bits per heavy atom. The topological polar surface area (TPSA) is 100.0 Å². The molecule has 2 aromatic carbocycles. The molecule has 1 aromatic heterocycles. The maximum atomic E-state index is 13.2. The molecule has 0 spiro atoms. The van der Waals surface area contributed by atoms with Gasteiger partial charge in [-0.25, -0.2) is 0 Å². The normalized spacial score (nSPS) is 17.3. The first kappa shape index (κ1) is 24.3. The summed E-state index contributed by atoms with van der Waals surface area (Å²) in [6, 6.07) is 11.6. The minimum Gasteiger partial charge on any atom is -0.507 e. The van der Waals surface area contributed by atoms with Gasteiger partial charge in [-0.3, -0.25) is 19.5 Å². The van der Waals surface area contributed by atoms with Crippen molar-refractivity contribution in [2.75, 3.05) is 11.5 Å². The fourth-order valence-electron chi connectivity index (χ4n) is 3.99. The SMILES string of the molecule is Cc1cc(/C(O)=C2\C(=O)C(=O)N(c3cc(Cl)ccc3O)C2c2cccnc2)ccc1OCC(C)C. The number of aliphatic hydroxyl groups excluding tert-OH is 1. The van der Waals surface area contributed by atoms with Crippen LogP contribution in [0.3, 0.4) is 0 Å². The van der Waals surface area contributed by atoms with Crippen molar-refractivity contribution in [3.63, 3.8) is 0 Å². The van der Waals surface area contributed by atoms with Gasteiger partial charge in [-0.2, -0.15) is 0 Å². The van der Waals surface area contributed by atoms with Crippen molar-refractivity contribution >= 4 is 34.7 Å². The molecule has 8 heteroatoms. The van der Waals surface area contributed by atoms with Crippen LogP contribution in [0, 0.1) is 12.8 Å². The summed E-state index contributed by atoms with van der Waals surface area (Å²) < 4.78 is 5.81. The number of aryl methyl sites for hydroxylation is 1. The van der Waals surface area contributed by atoms with Gasteiger partial charge in [-0.15, -0.1) is 0 Å². The Hall–Kier alpha value is -3.84. The number of carbonyl (C=O) groups excluding carboxylic acids is 2. The molecule has 0 radical (unpaired) electrons. The molecule has 0 aliphatic carbocycles. The molecule has 2 heterocycles. The number of phenolic OH excluding ortho intramolecular Hbond substituents is 1. The number of ketones is 1. The van der Waals surface area contributed by atoms with Crippen molar-refractivity contribution in [3.05, 3.63) is 88.2 Å². The Balaban J connectivity index is 1.86. The first-order chi connectivity index (χ1) is 16.7. The van der Waals surface area contributed by atoms with Gasteiger partial charge in [0, 0.05) is 23.0 Å². The summed E-state index contributed by atoms with van der Waals surface area (Å²) in [6.07, 6.45) is 3.07. The van der Waals surface area contributed by atoms with E-state index in [2.05, 4.69) is 4.98 Å². The molecule has 35 heavy (non-hydrogen) atoms. The number of aliphatic hydroxyl groups is 1. The quantitative estimate of drug-likeness (QED) is 0.271. The Morgan fingerprint density at radius 1 is 1.17 bits per heavy atom. The number of amides is 1. The van der Waals surface area contributed by atoms with Crippen LogP contribution in [0.15, 0.2) is 66.5 Å². The zero-order chi connectivity index (χ0) is 25.3. The molecule has 180 valence electrons. The lowest BCUT2D eigenvalue weighted by Gasteiger charge is -2.26. The van der Waals surface area contributed by atoms with Crippen LogP contribution in [0.25, 0.3) is 5.76 Å². The Morgan fingerprint density at radius 3 is 2.60 bits per heavy atom. The Labute approximate surface area is 208 Å². The number of Topliss-reactive ketones (excluding diaryl/α,β-unsaturated/α-hetero) is 1. The van der Waals surface area contributed by atoms with E-state index in [9.17, 15) is 19.8 Å². The van der Waals surface area contributed by atoms with Gasteiger partial charge in [0.25, 0.3) is 11.7 Å². The van der Waals surface area contributed by atoms with E-state index in [1.807, 2.05) is 20.8 Å². The number of ether oxygens (including phenoxy) is 1. The zero-order valence-electron chi connectivity index (χ0n) is 19.5. The highest BCUT2D eigenvalue weighted by Crippen LogP contribution is 2.45. The second kappa shape index (κ2) is 9.80. The lowest BCUT2D eigenvalue weighted by Crippen LogP contribution is -2.29. The predicted molar refractivity (Wildman–Crippen MR) is 134 cm³/mol. The zero-order valence-corrected chi connectivity index (χ0v) is 20.3. The fourth-order valence-corrected chi connectivity index (χ4v) is 4.16. The number of pyridine rings is 1. The van der Waals surface area contributed by atoms with Crippen LogP contribution in [0.4, 0.5) is 5.69 Å². The minimum absolute atomic E-state index is 0.0566. The van der Waals surface area contributed by atoms with Crippen LogP contribution >= 0.6 is 11.6 Å². The van der Waals surface area contributed by atoms with Crippen LogP contribution < -0.4 is 9.64 Å². The molecule has 7 nitrogen and oxygen atoms in total. The fraction of sp³-hybridized carbons (Fsp3) is 0.222. The number of carbonyl (C=O) groups is 2. The first-order valence-electron chi connectivity index (χ1n) is 11.1. The molecule has 1 aliphatic heterocycles. The molecule has 1 saturated heterocycles. The number of benzene rings is 2. The summed E-state index contributed by atoms with van der Waals surface area (Å²) in [5.41, 5.74) is 1.57. The molecule has 1 unspecified atom stereocenters. The molecule has 2 N–H and O–H groups in total. The van der Waals surface area contributed by atoms with Gasteiger partial charge in [-0.1, -0.05) is 31.5 Å². The van der Waals surface area contributed by atoms with E-state index in [1.165, 1.54) is 24.4 Å². The predicted octanol–water partition coefficient (Wildman–Crippen LogP) is 5.41. The van der Waals surface area contributed by atoms with Gasteiger partial charge in [0.1, 0.15) is 17.3 Å². The number of halogens is 1. The highest BCUT2D eigenvalue weighted by molar-refractivity contribution is 6.52. The smallest absolute Gasteiger partial charge is 0.300 e. The molecule has 0 bridgehead atoms. The molecule has 3 aromatic rings. The van der Waals surface area contributed by atoms with Crippen LogP contribution in [0.2, 0.25) is 5.02 Å². The van der Waals surface area contributed by atoms with Crippen molar-refractivity contribution < 1.29 is 24.5 Å². The van der Waals surface area contributed by atoms with E-state index in [0.717, 1.165) is 10.5 Å². The first-order valence-corrected chi connectivity index (χ1v) is 11.5. The molecular formula is C27H25ClN2O5. The maximum absolute atomic E-state index is 13.2. The lowest BCUT2D eigenvalue weighted by atomic mass is 9.95. The lowest BCUT2D eigenvalue weighted by molar-refractivity contribution is -0.132. The molecule has 1 aliphatic rings. The second-order valence-corrected chi connectivity index (χ2v) is 9.21. The van der Waals surface area contributed by atoms with Gasteiger partial charge >= 0.3 is 0 Å². The van der Waals surface area contributed by atoms with Crippen molar-refractivity contribution in [1.29, 1.82) is 0 Å². The van der Waals surface area contributed by atoms with Crippen molar-refractivity contribution in [3.8, 4) is 11.5 Å². The van der Waals surface area contributed by atoms with Gasteiger partial charge in [-0.05, 0) is 66.4 Å². The van der Waals surface area contributed by atoms with Crippen LogP contribution in [0.5, 0.6) is 11.5 Å². The monoisotopic (exact) mass is 492 g/mol. The Kier molecular flexibility index (Phi) is 6.80. The molecule has 4 rings (SSSR count). The minimum atomic E-state index is -1.02. The van der Waals surface area contributed by atoms with E-state index >= 15 is 0 Å². The number of nitrogens with zero attached hydrogens (tertiary/aromatic N) is 2. The number of aromatic hydroxyl groups is 1. The summed E-state index contributed by atoms with van der Waals surface area (Å²) in [5.74, 6) is -1.32. The molecular weight excluding hydrogens is 468 g/mol. The summed E-state index contributed by atoms with van der Waals surface area (Å²) in [7, 11) is 0. The highest BCUT2D eigenvalue weighted by Gasteiger charge is 2.47. The van der Waals surface area contributed by atoms with Crippen molar-refractivity contribution in [2.24, 2.45) is 5.92 Å². The van der Waals surface area contributed by atoms with Crippen LogP contribution in [-0.2, 0) is 9.59 Å². The number of hydrogen-bond donors (Lipinski definition) is 2. The average molecular weight is 493 g/mol. The molecule has 1 atom stereocenters. The van der Waals surface area contributed by atoms with Gasteiger partial charge < -0.3 is 14.9 Å². The summed E-state index contributed by atoms with van der Waals surface area (Å²) in [5, 5.41) is 22.1. The third kappa shape index (κ3) is 4.72. The summed E-state index contributed by atoms with van der Waals surface area (Å²) in [4.78, 5) is 31.7. The number of phenols is 1. The van der Waals surface area contributed by atoms with Crippen LogP contribution in [-0.4, -0.2) is 33.5 Å². The van der Waals surface area contributed by atoms with E-state index in [-0.39, 0.29) is 27.8 Å². The van der Waals surface area contributed by atoms with Crippen molar-refractivity contribution in [1.82, 2.24) is 4.98 Å². The number of anilines is 1. The highest BCUT2D eigenvalue weighted by atomic mass is 35.5. The largest absolute Gasteiger partial charge is 0.507 e. The number of hydrogen-bond acceptors (Lipinski definition) is 6. The average Bonchev–Trinajstić information content (AvgIpc) is 3.10. The van der Waals surface area contributed by atoms with E-state index < -0.39 is 17.7 Å².